The first-order valence-electron chi connectivity index (χ1n) is 10.2. The summed E-state index contributed by atoms with van der Waals surface area (Å²) in [5, 5.41) is 12.1. The van der Waals surface area contributed by atoms with Gasteiger partial charge >= 0.3 is 0 Å². The predicted octanol–water partition coefficient (Wildman–Crippen LogP) is 1.93. The molecule has 1 N–H and O–H groups in total. The highest BCUT2D eigenvalue weighted by Crippen LogP contribution is 2.19. The Kier molecular flexibility index (Phi) is 6.51. The van der Waals surface area contributed by atoms with E-state index in [0.29, 0.717) is 18.6 Å². The Morgan fingerprint density at radius 3 is 2.65 bits per heavy atom. The molecule has 1 aliphatic heterocycles. The maximum atomic E-state index is 4.91. The topological polar surface area (TPSA) is 61.6 Å². The molecule has 1 atom stereocenters. The van der Waals surface area contributed by atoms with E-state index in [1.807, 2.05) is 18.5 Å². The van der Waals surface area contributed by atoms with Gasteiger partial charge in [-0.3, -0.25) is 4.90 Å². The standard InChI is InChI=1S/C19H35N7/c1-5-26-12-8-11-17(26)14-24(3)19(21-16-9-6-7-10-16)20-13-18-23-22-15(2)25(18)4/h16-17H,5-14H2,1-4H3,(H,20,21). The van der Waals surface area contributed by atoms with Crippen LogP contribution in [0.4, 0.5) is 0 Å². The van der Waals surface area contributed by atoms with E-state index in [1.165, 1.54) is 45.1 Å². The summed E-state index contributed by atoms with van der Waals surface area (Å²) in [6.45, 7) is 8.21. The molecule has 0 spiro atoms. The van der Waals surface area contributed by atoms with Gasteiger partial charge in [0.15, 0.2) is 11.8 Å². The Labute approximate surface area is 157 Å². The molecule has 2 aliphatic rings. The normalized spacial score (nSPS) is 22.3. The van der Waals surface area contributed by atoms with Gasteiger partial charge in [-0.15, -0.1) is 10.2 Å². The van der Waals surface area contributed by atoms with Crippen LogP contribution in [0.1, 0.15) is 57.1 Å². The lowest BCUT2D eigenvalue weighted by atomic mass is 10.2. The minimum absolute atomic E-state index is 0.559. The van der Waals surface area contributed by atoms with Gasteiger partial charge in [-0.2, -0.15) is 0 Å². The third-order valence-electron chi connectivity index (χ3n) is 5.99. The van der Waals surface area contributed by atoms with Crippen LogP contribution in [0, 0.1) is 6.92 Å². The van der Waals surface area contributed by atoms with E-state index in [1.54, 1.807) is 0 Å². The highest BCUT2D eigenvalue weighted by molar-refractivity contribution is 5.80. The number of nitrogens with zero attached hydrogens (tertiary/aromatic N) is 6. The van der Waals surface area contributed by atoms with Gasteiger partial charge in [-0.05, 0) is 45.7 Å². The third kappa shape index (κ3) is 4.55. The Morgan fingerprint density at radius 2 is 2.00 bits per heavy atom. The largest absolute Gasteiger partial charge is 0.354 e. The van der Waals surface area contributed by atoms with Crippen LogP contribution in [-0.4, -0.2) is 69.3 Å². The average Bonchev–Trinajstić information content (AvgIpc) is 3.36. The van der Waals surface area contributed by atoms with Crippen molar-refractivity contribution >= 4 is 5.96 Å². The van der Waals surface area contributed by atoms with Gasteiger partial charge in [0.05, 0.1) is 0 Å². The molecule has 3 rings (SSSR count). The molecule has 1 aromatic rings. The highest BCUT2D eigenvalue weighted by atomic mass is 15.3. The fourth-order valence-electron chi connectivity index (χ4n) is 4.18. The van der Waals surface area contributed by atoms with E-state index in [4.69, 9.17) is 4.99 Å². The SMILES string of the molecule is CCN1CCCC1CN(C)C(=NCc1nnc(C)n1C)NC1CCCC1. The summed E-state index contributed by atoms with van der Waals surface area (Å²) in [6.07, 6.45) is 7.75. The number of guanidine groups is 1. The van der Waals surface area contributed by atoms with Crippen molar-refractivity contribution in [1.82, 2.24) is 29.9 Å². The van der Waals surface area contributed by atoms with Crippen molar-refractivity contribution < 1.29 is 0 Å². The van der Waals surface area contributed by atoms with Gasteiger partial charge in [-0.25, -0.2) is 4.99 Å². The van der Waals surface area contributed by atoms with Gasteiger partial charge < -0.3 is 14.8 Å². The van der Waals surface area contributed by atoms with Gasteiger partial charge in [0.2, 0.25) is 0 Å². The lowest BCUT2D eigenvalue weighted by Gasteiger charge is -2.31. The molecule has 7 heteroatoms. The number of rotatable bonds is 6. The maximum Gasteiger partial charge on any atom is 0.194 e. The van der Waals surface area contributed by atoms with Gasteiger partial charge in [0.1, 0.15) is 12.4 Å². The quantitative estimate of drug-likeness (QED) is 0.620. The van der Waals surface area contributed by atoms with E-state index >= 15 is 0 Å². The number of hydrogen-bond acceptors (Lipinski definition) is 4. The molecule has 26 heavy (non-hydrogen) atoms. The molecule has 0 amide bonds. The molecule has 146 valence electrons. The molecule has 1 aromatic heterocycles. The molecule has 1 saturated carbocycles. The summed E-state index contributed by atoms with van der Waals surface area (Å²) in [5.74, 6) is 2.86. The van der Waals surface area contributed by atoms with Crippen LogP contribution in [0.25, 0.3) is 0 Å². The number of aryl methyl sites for hydroxylation is 1. The second-order valence-corrected chi connectivity index (χ2v) is 7.79. The average molecular weight is 362 g/mol. The number of nitrogens with one attached hydrogen (secondary N) is 1. The first-order chi connectivity index (χ1) is 12.6. The molecule has 1 saturated heterocycles. The third-order valence-corrected chi connectivity index (χ3v) is 5.99. The van der Waals surface area contributed by atoms with E-state index in [-0.39, 0.29) is 0 Å². The summed E-state index contributed by atoms with van der Waals surface area (Å²) in [7, 11) is 4.18. The summed E-state index contributed by atoms with van der Waals surface area (Å²) >= 11 is 0. The molecule has 1 aliphatic carbocycles. The number of likely N-dealkylation sites (N-methyl/N-ethyl adjacent to an activating group) is 2. The Hall–Kier alpha value is -1.63. The van der Waals surface area contributed by atoms with Crippen molar-refractivity contribution in [2.24, 2.45) is 12.0 Å². The minimum atomic E-state index is 0.559. The van der Waals surface area contributed by atoms with Gasteiger partial charge in [0, 0.05) is 32.7 Å². The molecule has 0 bridgehead atoms. The van der Waals surface area contributed by atoms with Crippen molar-refractivity contribution in [1.29, 1.82) is 0 Å². The summed E-state index contributed by atoms with van der Waals surface area (Å²) in [4.78, 5) is 9.83. The van der Waals surface area contributed by atoms with Crippen LogP contribution in [0.15, 0.2) is 4.99 Å². The van der Waals surface area contributed by atoms with Crippen LogP contribution in [0.2, 0.25) is 0 Å². The zero-order valence-electron chi connectivity index (χ0n) is 16.9. The molecular formula is C19H35N7. The van der Waals surface area contributed by atoms with E-state index in [2.05, 4.69) is 39.3 Å². The zero-order chi connectivity index (χ0) is 18.5. The van der Waals surface area contributed by atoms with Crippen molar-refractivity contribution in [3.63, 3.8) is 0 Å². The van der Waals surface area contributed by atoms with E-state index < -0.39 is 0 Å². The first-order valence-corrected chi connectivity index (χ1v) is 10.2. The number of aromatic nitrogens is 3. The molecule has 2 fully saturated rings. The summed E-state index contributed by atoms with van der Waals surface area (Å²) in [6, 6.07) is 1.20. The fraction of sp³-hybridized carbons (Fsp3) is 0.842. The van der Waals surface area contributed by atoms with E-state index in [0.717, 1.165) is 30.7 Å². The highest BCUT2D eigenvalue weighted by Gasteiger charge is 2.26. The molecule has 0 aromatic carbocycles. The Bertz CT molecular complexity index is 603. The van der Waals surface area contributed by atoms with Crippen LogP contribution >= 0.6 is 0 Å². The Balaban J connectivity index is 1.69. The molecular weight excluding hydrogens is 326 g/mol. The van der Waals surface area contributed by atoms with Gasteiger partial charge in [0.25, 0.3) is 0 Å². The molecule has 7 nitrogen and oxygen atoms in total. The predicted molar refractivity (Wildman–Crippen MR) is 105 cm³/mol. The smallest absolute Gasteiger partial charge is 0.194 e. The lowest BCUT2D eigenvalue weighted by molar-refractivity contribution is 0.232. The molecule has 0 radical (unpaired) electrons. The van der Waals surface area contributed by atoms with Crippen molar-refractivity contribution in [2.75, 3.05) is 26.7 Å². The minimum Gasteiger partial charge on any atom is -0.354 e. The number of likely N-dealkylation sites (tertiary alicyclic amines) is 1. The van der Waals surface area contributed by atoms with Crippen LogP contribution in [0.5, 0.6) is 0 Å². The monoisotopic (exact) mass is 361 g/mol. The van der Waals surface area contributed by atoms with Crippen LogP contribution < -0.4 is 5.32 Å². The second kappa shape index (κ2) is 8.84. The number of aliphatic imine (C=N–C) groups is 1. The number of hydrogen-bond donors (Lipinski definition) is 1. The van der Waals surface area contributed by atoms with Crippen molar-refractivity contribution in [2.45, 2.75) is 71.0 Å². The van der Waals surface area contributed by atoms with Gasteiger partial charge in [-0.1, -0.05) is 19.8 Å². The second-order valence-electron chi connectivity index (χ2n) is 7.79. The van der Waals surface area contributed by atoms with Crippen molar-refractivity contribution in [3.8, 4) is 0 Å². The van der Waals surface area contributed by atoms with E-state index in [9.17, 15) is 0 Å². The van der Waals surface area contributed by atoms with Crippen LogP contribution in [-0.2, 0) is 13.6 Å². The Morgan fingerprint density at radius 1 is 1.23 bits per heavy atom. The van der Waals surface area contributed by atoms with Crippen molar-refractivity contribution in [3.05, 3.63) is 11.6 Å². The maximum absolute atomic E-state index is 4.91. The zero-order valence-corrected chi connectivity index (χ0v) is 16.9. The fourth-order valence-corrected chi connectivity index (χ4v) is 4.18. The molecule has 2 heterocycles. The molecule has 1 unspecified atom stereocenters. The summed E-state index contributed by atoms with van der Waals surface area (Å²) < 4.78 is 2.02. The lowest BCUT2D eigenvalue weighted by Crippen LogP contribution is -2.48. The van der Waals surface area contributed by atoms with Crippen LogP contribution in [0.3, 0.4) is 0 Å². The summed E-state index contributed by atoms with van der Waals surface area (Å²) in [5.41, 5.74) is 0. The first kappa shape index (κ1) is 19.1.